The normalized spacial score (nSPS) is 23.1. The summed E-state index contributed by atoms with van der Waals surface area (Å²) in [7, 11) is 0. The van der Waals surface area contributed by atoms with E-state index in [0.717, 1.165) is 98.8 Å². The Hall–Kier alpha value is -5.25. The number of hydrogen-bond acceptors (Lipinski definition) is 9. The van der Waals surface area contributed by atoms with Crippen LogP contribution in [0, 0.1) is 29.6 Å². The molecular formula is C45H50ClN7O5. The molecule has 4 aliphatic heterocycles. The van der Waals surface area contributed by atoms with Gasteiger partial charge in [0.1, 0.15) is 12.1 Å². The zero-order chi connectivity index (χ0) is 40.7. The van der Waals surface area contributed by atoms with Crippen LogP contribution in [0.4, 0.5) is 11.4 Å². The van der Waals surface area contributed by atoms with Crippen molar-refractivity contribution in [2.24, 2.45) is 11.3 Å². The summed E-state index contributed by atoms with van der Waals surface area (Å²) in [5, 5.41) is 12.0. The van der Waals surface area contributed by atoms with Gasteiger partial charge in [-0.05, 0) is 129 Å². The third kappa shape index (κ3) is 7.82. The Labute approximate surface area is 344 Å². The SMILES string of the molecule is Cc1cc2c(cc1C(=O)N(C=O)C1CCC(=O)NC1=O)CC(CN1CCN(C(=O)c3ccc(N4CCC5(CC4)CC(C)N(c4ccc(C#N)c(Cl)c4)C5)cc3)CC1)C2. The fraction of sp³-hybridized carbons (Fsp3) is 0.467. The number of carbonyl (C=O) groups is 5. The molecule has 4 saturated heterocycles. The lowest BCUT2D eigenvalue weighted by Gasteiger charge is -2.40. The number of nitriles is 1. The summed E-state index contributed by atoms with van der Waals surface area (Å²) < 4.78 is 0. The summed E-state index contributed by atoms with van der Waals surface area (Å²) in [5.41, 5.74) is 7.14. The molecule has 0 radical (unpaired) electrons. The average Bonchev–Trinajstić information content (AvgIpc) is 3.77. The summed E-state index contributed by atoms with van der Waals surface area (Å²) >= 11 is 6.38. The Morgan fingerprint density at radius 1 is 0.966 bits per heavy atom. The van der Waals surface area contributed by atoms with Gasteiger partial charge in [-0.25, -0.2) is 0 Å². The molecule has 1 N–H and O–H groups in total. The molecular weight excluding hydrogens is 754 g/mol. The number of carbonyl (C=O) groups excluding carboxylic acids is 5. The van der Waals surface area contributed by atoms with Gasteiger partial charge in [-0.15, -0.1) is 0 Å². The number of piperidine rings is 2. The molecule has 58 heavy (non-hydrogen) atoms. The van der Waals surface area contributed by atoms with E-state index in [1.165, 1.54) is 5.56 Å². The zero-order valence-corrected chi connectivity index (χ0v) is 34.0. The number of imide groups is 2. The van der Waals surface area contributed by atoms with E-state index < -0.39 is 23.8 Å². The molecule has 0 bridgehead atoms. The van der Waals surface area contributed by atoms with Gasteiger partial charge < -0.3 is 14.7 Å². The van der Waals surface area contributed by atoms with Gasteiger partial charge in [-0.1, -0.05) is 17.7 Å². The minimum atomic E-state index is -1.00. The Balaban J connectivity index is 0.804. The zero-order valence-electron chi connectivity index (χ0n) is 33.2. The molecule has 5 amide bonds. The highest BCUT2D eigenvalue weighted by molar-refractivity contribution is 6.32. The van der Waals surface area contributed by atoms with Crippen LogP contribution in [0.5, 0.6) is 0 Å². The summed E-state index contributed by atoms with van der Waals surface area (Å²) in [6.07, 6.45) is 5.63. The van der Waals surface area contributed by atoms with Crippen molar-refractivity contribution in [3.05, 3.63) is 93.0 Å². The molecule has 13 heteroatoms. The standard InChI is InChI=1S/C45H50ClN7O5/c1-29-19-34-20-31(21-35(34)22-38(29)44(58)53(28-54)40-9-10-41(55)48-42(40)56)26-49-15-17-51(18-16-49)43(57)32-3-6-36(7-4-32)50-13-11-45(12-14-50)24-30(2)52(27-45)37-8-5-33(25-47)39(46)23-37/h3-8,19,22-23,28,30-31,40H,9-18,20-21,24,26-27H2,1-2H3,(H,48,55,56). The molecule has 0 saturated carbocycles. The van der Waals surface area contributed by atoms with Crippen molar-refractivity contribution < 1.29 is 24.0 Å². The highest BCUT2D eigenvalue weighted by Crippen LogP contribution is 2.46. The highest BCUT2D eigenvalue weighted by Gasteiger charge is 2.44. The van der Waals surface area contributed by atoms with Crippen molar-refractivity contribution in [2.45, 2.75) is 70.9 Å². The topological polar surface area (TPSA) is 137 Å². The molecule has 3 aromatic rings. The first-order valence-electron chi connectivity index (χ1n) is 20.5. The molecule has 1 spiro atoms. The number of aryl methyl sites for hydroxylation is 1. The second kappa shape index (κ2) is 16.2. The Morgan fingerprint density at radius 3 is 2.31 bits per heavy atom. The van der Waals surface area contributed by atoms with Crippen LogP contribution in [0.2, 0.25) is 5.02 Å². The molecule has 5 aliphatic rings. The van der Waals surface area contributed by atoms with Crippen LogP contribution in [0.25, 0.3) is 0 Å². The van der Waals surface area contributed by atoms with E-state index in [0.29, 0.717) is 53.2 Å². The smallest absolute Gasteiger partial charge is 0.261 e. The first-order chi connectivity index (χ1) is 27.9. The van der Waals surface area contributed by atoms with Crippen molar-refractivity contribution in [1.29, 1.82) is 5.26 Å². The van der Waals surface area contributed by atoms with E-state index >= 15 is 0 Å². The fourth-order valence-electron chi connectivity index (χ4n) is 10.1. The number of hydrogen-bond donors (Lipinski definition) is 1. The van der Waals surface area contributed by atoms with Crippen molar-refractivity contribution >= 4 is 53.0 Å². The second-order valence-corrected chi connectivity index (χ2v) is 17.5. The highest BCUT2D eigenvalue weighted by atomic mass is 35.5. The summed E-state index contributed by atoms with van der Waals surface area (Å²) in [6.45, 7) is 10.9. The molecule has 1 aliphatic carbocycles. The average molecular weight is 804 g/mol. The quantitative estimate of drug-likeness (QED) is 0.247. The Bertz CT molecular complexity index is 2170. The van der Waals surface area contributed by atoms with Gasteiger partial charge in [0.25, 0.3) is 11.8 Å². The molecule has 12 nitrogen and oxygen atoms in total. The van der Waals surface area contributed by atoms with E-state index in [4.69, 9.17) is 11.6 Å². The van der Waals surface area contributed by atoms with Crippen LogP contribution in [-0.4, -0.2) is 109 Å². The molecule has 3 unspecified atom stereocenters. The Morgan fingerprint density at radius 2 is 1.66 bits per heavy atom. The van der Waals surface area contributed by atoms with Gasteiger partial charge in [-0.3, -0.25) is 39.1 Å². The largest absolute Gasteiger partial charge is 0.371 e. The van der Waals surface area contributed by atoms with Gasteiger partial charge in [0.05, 0.1) is 10.6 Å². The molecule has 4 heterocycles. The van der Waals surface area contributed by atoms with E-state index in [2.05, 4.69) is 45.1 Å². The first kappa shape index (κ1) is 39.6. The number of halogens is 1. The molecule has 3 aromatic carbocycles. The predicted octanol–water partition coefficient (Wildman–Crippen LogP) is 4.98. The number of nitrogens with zero attached hydrogens (tertiary/aromatic N) is 6. The van der Waals surface area contributed by atoms with Crippen molar-refractivity contribution in [2.75, 3.05) is 62.2 Å². The van der Waals surface area contributed by atoms with Crippen LogP contribution < -0.4 is 15.1 Å². The molecule has 302 valence electrons. The molecule has 0 aromatic heterocycles. The molecule has 8 rings (SSSR count). The minimum Gasteiger partial charge on any atom is -0.371 e. The van der Waals surface area contributed by atoms with Crippen LogP contribution in [0.15, 0.2) is 54.6 Å². The molecule has 4 fully saturated rings. The third-order valence-electron chi connectivity index (χ3n) is 13.3. The van der Waals surface area contributed by atoms with E-state index in [1.54, 1.807) is 0 Å². The maximum absolute atomic E-state index is 13.6. The lowest BCUT2D eigenvalue weighted by molar-refractivity contribution is -0.139. The van der Waals surface area contributed by atoms with E-state index in [9.17, 15) is 29.2 Å². The van der Waals surface area contributed by atoms with Gasteiger partial charge in [-0.2, -0.15) is 5.26 Å². The van der Waals surface area contributed by atoms with Gasteiger partial charge >= 0.3 is 0 Å². The van der Waals surface area contributed by atoms with Crippen LogP contribution in [0.1, 0.15) is 82.0 Å². The number of fused-ring (bicyclic) bond motifs is 1. The minimum absolute atomic E-state index is 0.0642. The fourth-order valence-corrected chi connectivity index (χ4v) is 10.3. The number of anilines is 2. The number of nitrogens with one attached hydrogen (secondary N) is 1. The molecule has 3 atom stereocenters. The number of piperazine rings is 1. The van der Waals surface area contributed by atoms with E-state index in [-0.39, 0.29) is 24.2 Å². The lowest BCUT2D eigenvalue weighted by Crippen LogP contribution is -2.53. The number of rotatable bonds is 8. The van der Waals surface area contributed by atoms with Crippen molar-refractivity contribution in [3.8, 4) is 6.07 Å². The van der Waals surface area contributed by atoms with E-state index in [1.807, 2.05) is 54.3 Å². The van der Waals surface area contributed by atoms with Gasteiger partial charge in [0.2, 0.25) is 18.2 Å². The number of amides is 5. The van der Waals surface area contributed by atoms with Gasteiger partial charge in [0.15, 0.2) is 0 Å². The second-order valence-electron chi connectivity index (χ2n) is 17.1. The summed E-state index contributed by atoms with van der Waals surface area (Å²) in [4.78, 5) is 73.3. The first-order valence-corrected chi connectivity index (χ1v) is 20.9. The van der Waals surface area contributed by atoms with Crippen LogP contribution in [-0.2, 0) is 27.2 Å². The van der Waals surface area contributed by atoms with Crippen LogP contribution >= 0.6 is 11.6 Å². The maximum atomic E-state index is 13.6. The summed E-state index contributed by atoms with van der Waals surface area (Å²) in [5.74, 6) is -1.12. The van der Waals surface area contributed by atoms with Crippen molar-refractivity contribution in [1.82, 2.24) is 20.0 Å². The summed E-state index contributed by atoms with van der Waals surface area (Å²) in [6, 6.07) is 19.3. The third-order valence-corrected chi connectivity index (χ3v) is 13.7. The van der Waals surface area contributed by atoms with Crippen molar-refractivity contribution in [3.63, 3.8) is 0 Å². The van der Waals surface area contributed by atoms with Crippen LogP contribution in [0.3, 0.4) is 0 Å². The van der Waals surface area contributed by atoms with Gasteiger partial charge in [0, 0.05) is 87.3 Å². The maximum Gasteiger partial charge on any atom is 0.261 e. The predicted molar refractivity (Wildman–Crippen MR) is 221 cm³/mol. The lowest BCUT2D eigenvalue weighted by atomic mass is 9.76. The monoisotopic (exact) mass is 803 g/mol. The number of benzene rings is 3. The Kier molecular flexibility index (Phi) is 11.0.